The van der Waals surface area contributed by atoms with Gasteiger partial charge in [0.25, 0.3) is 5.56 Å². The predicted molar refractivity (Wildman–Crippen MR) is 104 cm³/mol. The SMILES string of the molecule is CCN(CC)C(=O)CSc1nc2sccc2c(=O)n1-c1ccccc1. The van der Waals surface area contributed by atoms with Gasteiger partial charge in [0, 0.05) is 13.1 Å². The first kappa shape index (κ1) is 17.7. The highest BCUT2D eigenvalue weighted by Crippen LogP contribution is 2.24. The molecule has 0 fully saturated rings. The van der Waals surface area contributed by atoms with E-state index in [1.807, 2.05) is 49.6 Å². The number of thiophene rings is 1. The van der Waals surface area contributed by atoms with E-state index in [0.29, 0.717) is 28.5 Å². The zero-order valence-electron chi connectivity index (χ0n) is 14.1. The van der Waals surface area contributed by atoms with Gasteiger partial charge < -0.3 is 4.90 Å². The molecule has 0 atom stereocenters. The molecule has 0 aliphatic carbocycles. The molecule has 25 heavy (non-hydrogen) atoms. The van der Waals surface area contributed by atoms with Crippen molar-refractivity contribution in [3.63, 3.8) is 0 Å². The lowest BCUT2D eigenvalue weighted by Crippen LogP contribution is -2.32. The number of carbonyl (C=O) groups excluding carboxylic acids is 1. The number of nitrogens with zero attached hydrogens (tertiary/aromatic N) is 3. The van der Waals surface area contributed by atoms with Crippen LogP contribution in [0.25, 0.3) is 15.9 Å². The fourth-order valence-corrected chi connectivity index (χ4v) is 4.31. The number of benzene rings is 1. The normalized spacial score (nSPS) is 11.0. The zero-order chi connectivity index (χ0) is 17.8. The molecule has 0 unspecified atom stereocenters. The van der Waals surface area contributed by atoms with Crippen LogP contribution in [0.3, 0.4) is 0 Å². The van der Waals surface area contributed by atoms with E-state index in [1.165, 1.54) is 23.1 Å². The molecular weight excluding hydrogens is 354 g/mol. The third-order valence-electron chi connectivity index (χ3n) is 3.92. The number of rotatable bonds is 6. The predicted octanol–water partition coefficient (Wildman–Crippen LogP) is 3.41. The molecule has 1 aromatic carbocycles. The molecule has 2 heterocycles. The van der Waals surface area contributed by atoms with E-state index in [4.69, 9.17) is 0 Å². The number of aromatic nitrogens is 2. The van der Waals surface area contributed by atoms with Gasteiger partial charge in [-0.3, -0.25) is 14.2 Å². The lowest BCUT2D eigenvalue weighted by molar-refractivity contribution is -0.127. The van der Waals surface area contributed by atoms with Gasteiger partial charge in [-0.25, -0.2) is 4.98 Å². The third-order valence-corrected chi connectivity index (χ3v) is 5.65. The summed E-state index contributed by atoms with van der Waals surface area (Å²) in [5.41, 5.74) is 0.654. The number of hydrogen-bond acceptors (Lipinski definition) is 5. The van der Waals surface area contributed by atoms with Gasteiger partial charge in [0.15, 0.2) is 5.16 Å². The summed E-state index contributed by atoms with van der Waals surface area (Å²) in [4.78, 5) is 32.4. The Labute approximate surface area is 154 Å². The van der Waals surface area contributed by atoms with Crippen molar-refractivity contribution >= 4 is 39.2 Å². The van der Waals surface area contributed by atoms with Gasteiger partial charge in [-0.15, -0.1) is 11.3 Å². The first-order valence-corrected chi connectivity index (χ1v) is 9.98. The minimum atomic E-state index is -0.102. The Morgan fingerprint density at radius 1 is 1.20 bits per heavy atom. The van der Waals surface area contributed by atoms with Gasteiger partial charge in [-0.2, -0.15) is 0 Å². The topological polar surface area (TPSA) is 55.2 Å². The molecule has 7 heteroatoms. The van der Waals surface area contributed by atoms with Gasteiger partial charge in [-0.1, -0.05) is 30.0 Å². The van der Waals surface area contributed by atoms with Crippen LogP contribution in [0.2, 0.25) is 0 Å². The van der Waals surface area contributed by atoms with E-state index in [-0.39, 0.29) is 17.2 Å². The summed E-state index contributed by atoms with van der Waals surface area (Å²) in [7, 11) is 0. The molecule has 0 saturated heterocycles. The second kappa shape index (κ2) is 7.84. The number of para-hydroxylation sites is 1. The Morgan fingerprint density at radius 3 is 2.60 bits per heavy atom. The maximum absolute atomic E-state index is 12.9. The summed E-state index contributed by atoms with van der Waals surface area (Å²) in [5.74, 6) is 0.313. The van der Waals surface area contributed by atoms with Crippen LogP contribution in [0.4, 0.5) is 0 Å². The fraction of sp³-hybridized carbons (Fsp3) is 0.278. The highest BCUT2D eigenvalue weighted by Gasteiger charge is 2.17. The van der Waals surface area contributed by atoms with Crippen LogP contribution in [-0.4, -0.2) is 39.2 Å². The number of fused-ring (bicyclic) bond motifs is 1. The molecular formula is C18H19N3O2S2. The summed E-state index contributed by atoms with van der Waals surface area (Å²) in [5, 5.41) is 3.02. The maximum atomic E-state index is 12.9. The Hall–Kier alpha value is -2.12. The molecule has 130 valence electrons. The second-order valence-corrected chi connectivity index (χ2v) is 7.20. The highest BCUT2D eigenvalue weighted by molar-refractivity contribution is 7.99. The molecule has 0 spiro atoms. The number of hydrogen-bond donors (Lipinski definition) is 0. The third kappa shape index (κ3) is 3.62. The molecule has 0 bridgehead atoms. The van der Waals surface area contributed by atoms with Gasteiger partial charge in [0.1, 0.15) is 4.83 Å². The minimum absolute atomic E-state index is 0.0511. The fourth-order valence-electron chi connectivity index (χ4n) is 2.59. The van der Waals surface area contributed by atoms with Crippen molar-refractivity contribution in [2.45, 2.75) is 19.0 Å². The van der Waals surface area contributed by atoms with Crippen LogP contribution >= 0.6 is 23.1 Å². The number of carbonyl (C=O) groups is 1. The van der Waals surface area contributed by atoms with Crippen molar-refractivity contribution in [2.75, 3.05) is 18.8 Å². The maximum Gasteiger partial charge on any atom is 0.267 e. The highest BCUT2D eigenvalue weighted by atomic mass is 32.2. The van der Waals surface area contributed by atoms with Crippen molar-refractivity contribution in [2.24, 2.45) is 0 Å². The lowest BCUT2D eigenvalue weighted by atomic mass is 10.3. The second-order valence-electron chi connectivity index (χ2n) is 5.36. The summed E-state index contributed by atoms with van der Waals surface area (Å²) in [6.45, 7) is 5.28. The van der Waals surface area contributed by atoms with Gasteiger partial charge in [0.05, 0.1) is 16.8 Å². The molecule has 0 aliphatic rings. The molecule has 3 rings (SSSR count). The van der Waals surface area contributed by atoms with Crippen molar-refractivity contribution in [1.82, 2.24) is 14.5 Å². The quantitative estimate of drug-likeness (QED) is 0.491. The smallest absolute Gasteiger partial charge is 0.267 e. The molecule has 3 aromatic rings. The number of amides is 1. The summed E-state index contributed by atoms with van der Waals surface area (Å²) in [6, 6.07) is 11.2. The van der Waals surface area contributed by atoms with Crippen molar-refractivity contribution in [3.05, 3.63) is 52.1 Å². The minimum Gasteiger partial charge on any atom is -0.343 e. The Kier molecular flexibility index (Phi) is 5.55. The summed E-state index contributed by atoms with van der Waals surface area (Å²) < 4.78 is 1.59. The standard InChI is InChI=1S/C18H19N3O2S2/c1-3-20(4-2)15(22)12-25-18-19-16-14(10-11-24-16)17(23)21(18)13-8-6-5-7-9-13/h5-11H,3-4,12H2,1-2H3. The Morgan fingerprint density at radius 2 is 1.92 bits per heavy atom. The zero-order valence-corrected chi connectivity index (χ0v) is 15.8. The van der Waals surface area contributed by atoms with E-state index in [1.54, 1.807) is 15.5 Å². The molecule has 5 nitrogen and oxygen atoms in total. The number of thioether (sulfide) groups is 1. The van der Waals surface area contributed by atoms with Gasteiger partial charge in [-0.05, 0) is 37.4 Å². The molecule has 0 radical (unpaired) electrons. The van der Waals surface area contributed by atoms with E-state index < -0.39 is 0 Å². The first-order chi connectivity index (χ1) is 12.2. The van der Waals surface area contributed by atoms with E-state index >= 15 is 0 Å². The van der Waals surface area contributed by atoms with Crippen LogP contribution in [0.15, 0.2) is 51.7 Å². The van der Waals surface area contributed by atoms with E-state index in [2.05, 4.69) is 4.98 Å². The monoisotopic (exact) mass is 373 g/mol. The van der Waals surface area contributed by atoms with Crippen LogP contribution in [-0.2, 0) is 4.79 Å². The van der Waals surface area contributed by atoms with Gasteiger partial charge in [0.2, 0.25) is 5.91 Å². The summed E-state index contributed by atoms with van der Waals surface area (Å²) in [6.07, 6.45) is 0. The van der Waals surface area contributed by atoms with Crippen molar-refractivity contribution in [1.29, 1.82) is 0 Å². The molecule has 0 N–H and O–H groups in total. The Balaban J connectivity index is 2.02. The molecule has 1 amide bonds. The lowest BCUT2D eigenvalue weighted by Gasteiger charge is -2.18. The van der Waals surface area contributed by atoms with Crippen molar-refractivity contribution in [3.8, 4) is 5.69 Å². The molecule has 2 aromatic heterocycles. The van der Waals surface area contributed by atoms with Crippen LogP contribution < -0.4 is 5.56 Å². The van der Waals surface area contributed by atoms with Gasteiger partial charge >= 0.3 is 0 Å². The molecule has 0 aliphatic heterocycles. The summed E-state index contributed by atoms with van der Waals surface area (Å²) >= 11 is 2.74. The first-order valence-electron chi connectivity index (χ1n) is 8.12. The average molecular weight is 374 g/mol. The van der Waals surface area contributed by atoms with Crippen molar-refractivity contribution < 1.29 is 4.79 Å². The Bertz CT molecular complexity index is 930. The average Bonchev–Trinajstić information content (AvgIpc) is 3.10. The molecule has 0 saturated carbocycles. The van der Waals surface area contributed by atoms with Crippen LogP contribution in [0.5, 0.6) is 0 Å². The van der Waals surface area contributed by atoms with E-state index in [9.17, 15) is 9.59 Å². The largest absolute Gasteiger partial charge is 0.343 e. The van der Waals surface area contributed by atoms with Crippen LogP contribution in [0, 0.1) is 0 Å². The van der Waals surface area contributed by atoms with E-state index in [0.717, 1.165) is 5.69 Å². The van der Waals surface area contributed by atoms with Crippen LogP contribution in [0.1, 0.15) is 13.8 Å².